The maximum Gasteiger partial charge on any atom is 0.239 e. The van der Waals surface area contributed by atoms with Gasteiger partial charge >= 0.3 is 0 Å². The summed E-state index contributed by atoms with van der Waals surface area (Å²) >= 11 is 0. The molecule has 1 saturated heterocycles. The van der Waals surface area contributed by atoms with Crippen molar-refractivity contribution >= 4 is 21.8 Å². The summed E-state index contributed by atoms with van der Waals surface area (Å²) in [4.78, 5) is 28.3. The van der Waals surface area contributed by atoms with Gasteiger partial charge in [0.2, 0.25) is 21.8 Å². The summed E-state index contributed by atoms with van der Waals surface area (Å²) in [5, 5.41) is 0. The van der Waals surface area contributed by atoms with Gasteiger partial charge in [0.05, 0.1) is 0 Å². The molecule has 2 saturated carbocycles. The van der Waals surface area contributed by atoms with Crippen molar-refractivity contribution in [2.24, 2.45) is 11.8 Å². The highest BCUT2D eigenvalue weighted by Crippen LogP contribution is 2.28. The predicted molar refractivity (Wildman–Crippen MR) is 108 cm³/mol. The van der Waals surface area contributed by atoms with Crippen LogP contribution < -0.4 is 4.72 Å². The number of piperazine rings is 1. The van der Waals surface area contributed by atoms with Crippen LogP contribution in [-0.4, -0.2) is 68.0 Å². The number of sulfonamides is 1. The molecule has 0 spiro atoms. The third-order valence-corrected chi connectivity index (χ3v) is 7.92. The molecule has 1 heterocycles. The molecule has 3 aliphatic rings. The minimum absolute atomic E-state index is 0.0425. The number of nitrogens with zero attached hydrogens (tertiary/aromatic N) is 2. The van der Waals surface area contributed by atoms with Crippen molar-refractivity contribution in [2.75, 3.05) is 31.9 Å². The summed E-state index contributed by atoms with van der Waals surface area (Å²) in [6.45, 7) is 4.04. The highest BCUT2D eigenvalue weighted by atomic mass is 32.2. The third-order valence-electron chi connectivity index (χ3n) is 6.60. The van der Waals surface area contributed by atoms with Gasteiger partial charge in [-0.25, -0.2) is 13.1 Å². The van der Waals surface area contributed by atoms with Gasteiger partial charge in [0.15, 0.2) is 0 Å². The summed E-state index contributed by atoms with van der Waals surface area (Å²) in [6, 6.07) is -0.0425. The van der Waals surface area contributed by atoms with Crippen LogP contribution >= 0.6 is 0 Å². The fourth-order valence-electron chi connectivity index (χ4n) is 4.72. The number of hydrogen-bond acceptors (Lipinski definition) is 4. The first kappa shape index (κ1) is 21.6. The van der Waals surface area contributed by atoms with E-state index in [0.717, 1.165) is 38.5 Å². The fraction of sp³-hybridized carbons (Fsp3) is 0.900. The number of carbonyl (C=O) groups is 2. The summed E-state index contributed by atoms with van der Waals surface area (Å²) in [6.07, 6.45) is 9.10. The smallest absolute Gasteiger partial charge is 0.239 e. The third kappa shape index (κ3) is 6.17. The molecule has 0 aromatic heterocycles. The molecule has 8 heteroatoms. The van der Waals surface area contributed by atoms with Crippen molar-refractivity contribution in [3.8, 4) is 0 Å². The van der Waals surface area contributed by atoms with Crippen molar-refractivity contribution in [1.29, 1.82) is 0 Å². The highest BCUT2D eigenvalue weighted by Gasteiger charge is 2.30. The van der Waals surface area contributed by atoms with Crippen molar-refractivity contribution in [3.63, 3.8) is 0 Å². The molecule has 7 nitrogen and oxygen atoms in total. The standard InChI is InChI=1S/C20H35N3O4S/c1-16-6-8-18(9-7-16)21-28(26,27)15-20(25)23-12-10-22(11-13-23)19(24)14-17-4-2-3-5-17/h16-18,21H,2-15H2,1H3. The van der Waals surface area contributed by atoms with E-state index in [-0.39, 0.29) is 17.9 Å². The van der Waals surface area contributed by atoms with Crippen LogP contribution in [0.25, 0.3) is 0 Å². The van der Waals surface area contributed by atoms with Crippen LogP contribution in [0.1, 0.15) is 64.7 Å². The van der Waals surface area contributed by atoms with Gasteiger partial charge in [0, 0.05) is 38.6 Å². The van der Waals surface area contributed by atoms with Gasteiger partial charge in [-0.1, -0.05) is 19.8 Å². The maximum atomic E-state index is 12.5. The number of amides is 2. The van der Waals surface area contributed by atoms with Gasteiger partial charge in [-0.2, -0.15) is 0 Å². The lowest BCUT2D eigenvalue weighted by Crippen LogP contribution is -2.52. The molecule has 0 unspecified atom stereocenters. The van der Waals surface area contributed by atoms with Crippen LogP contribution in [0.2, 0.25) is 0 Å². The Balaban J connectivity index is 1.41. The van der Waals surface area contributed by atoms with E-state index in [0.29, 0.717) is 44.4 Å². The van der Waals surface area contributed by atoms with Gasteiger partial charge in [-0.15, -0.1) is 0 Å². The Morgan fingerprint density at radius 2 is 1.39 bits per heavy atom. The highest BCUT2D eigenvalue weighted by molar-refractivity contribution is 7.90. The van der Waals surface area contributed by atoms with Crippen molar-refractivity contribution in [3.05, 3.63) is 0 Å². The zero-order chi connectivity index (χ0) is 20.1. The Hall–Kier alpha value is -1.15. The molecular weight excluding hydrogens is 378 g/mol. The topological polar surface area (TPSA) is 86.8 Å². The Morgan fingerprint density at radius 3 is 1.96 bits per heavy atom. The van der Waals surface area contributed by atoms with E-state index in [1.54, 1.807) is 4.90 Å². The van der Waals surface area contributed by atoms with E-state index < -0.39 is 15.8 Å². The second kappa shape index (κ2) is 9.57. The first-order valence-corrected chi connectivity index (χ1v) is 12.5. The zero-order valence-electron chi connectivity index (χ0n) is 17.1. The van der Waals surface area contributed by atoms with Crippen molar-refractivity contribution in [1.82, 2.24) is 14.5 Å². The van der Waals surface area contributed by atoms with E-state index in [2.05, 4.69) is 11.6 Å². The monoisotopic (exact) mass is 413 g/mol. The normalized spacial score (nSPS) is 27.2. The Kier molecular flexibility index (Phi) is 7.36. The lowest BCUT2D eigenvalue weighted by atomic mass is 9.88. The summed E-state index contributed by atoms with van der Waals surface area (Å²) in [7, 11) is -3.61. The average Bonchev–Trinajstić information content (AvgIpc) is 3.16. The van der Waals surface area contributed by atoms with Gasteiger partial charge in [0.25, 0.3) is 0 Å². The second-order valence-corrected chi connectivity index (χ2v) is 10.7. The van der Waals surface area contributed by atoms with E-state index in [4.69, 9.17) is 0 Å². The zero-order valence-corrected chi connectivity index (χ0v) is 17.9. The predicted octanol–water partition coefficient (Wildman–Crippen LogP) is 1.74. The number of hydrogen-bond donors (Lipinski definition) is 1. The van der Waals surface area contributed by atoms with Gasteiger partial charge in [0.1, 0.15) is 5.75 Å². The molecule has 3 fully saturated rings. The molecule has 0 bridgehead atoms. The van der Waals surface area contributed by atoms with Crippen LogP contribution in [0.3, 0.4) is 0 Å². The van der Waals surface area contributed by atoms with Gasteiger partial charge < -0.3 is 9.80 Å². The molecule has 160 valence electrons. The Morgan fingerprint density at radius 1 is 0.857 bits per heavy atom. The molecule has 3 rings (SSSR count). The minimum Gasteiger partial charge on any atom is -0.339 e. The van der Waals surface area contributed by atoms with E-state index >= 15 is 0 Å². The fourth-order valence-corrected chi connectivity index (χ4v) is 6.06. The number of nitrogens with one attached hydrogen (secondary N) is 1. The first-order valence-electron chi connectivity index (χ1n) is 10.9. The maximum absolute atomic E-state index is 12.5. The van der Waals surface area contributed by atoms with Crippen LogP contribution in [0, 0.1) is 11.8 Å². The van der Waals surface area contributed by atoms with Crippen molar-refractivity contribution < 1.29 is 18.0 Å². The number of carbonyl (C=O) groups excluding carboxylic acids is 2. The molecule has 0 aromatic carbocycles. The van der Waals surface area contributed by atoms with Gasteiger partial charge in [-0.3, -0.25) is 9.59 Å². The van der Waals surface area contributed by atoms with E-state index in [1.807, 2.05) is 4.90 Å². The van der Waals surface area contributed by atoms with E-state index in [1.165, 1.54) is 12.8 Å². The molecule has 0 aromatic rings. The SMILES string of the molecule is CC1CCC(NS(=O)(=O)CC(=O)N2CCN(C(=O)CC3CCCC3)CC2)CC1. The second-order valence-electron chi connectivity index (χ2n) is 8.95. The van der Waals surface area contributed by atoms with Crippen LogP contribution in [-0.2, 0) is 19.6 Å². The molecule has 0 atom stereocenters. The summed E-state index contributed by atoms with van der Waals surface area (Å²) in [5.41, 5.74) is 0. The lowest BCUT2D eigenvalue weighted by molar-refractivity contribution is -0.138. The molecule has 1 N–H and O–H groups in total. The summed E-state index contributed by atoms with van der Waals surface area (Å²) < 4.78 is 27.5. The first-order chi connectivity index (χ1) is 13.3. The minimum atomic E-state index is -3.61. The molecule has 2 amide bonds. The quantitative estimate of drug-likeness (QED) is 0.718. The van der Waals surface area contributed by atoms with Crippen LogP contribution in [0.15, 0.2) is 0 Å². The largest absolute Gasteiger partial charge is 0.339 e. The van der Waals surface area contributed by atoms with Gasteiger partial charge in [-0.05, 0) is 50.4 Å². The molecule has 28 heavy (non-hydrogen) atoms. The molecule has 2 aliphatic carbocycles. The van der Waals surface area contributed by atoms with Crippen molar-refractivity contribution in [2.45, 2.75) is 70.8 Å². The average molecular weight is 414 g/mol. The van der Waals surface area contributed by atoms with Crippen LogP contribution in [0.5, 0.6) is 0 Å². The molecule has 1 aliphatic heterocycles. The summed E-state index contributed by atoms with van der Waals surface area (Å²) in [5.74, 6) is 0.496. The Labute approximate surface area is 169 Å². The molecule has 0 radical (unpaired) electrons. The molecular formula is C20H35N3O4S. The number of rotatable bonds is 6. The Bertz CT molecular complexity index is 644. The van der Waals surface area contributed by atoms with Crippen LogP contribution in [0.4, 0.5) is 0 Å². The lowest BCUT2D eigenvalue weighted by Gasteiger charge is -2.35. The van der Waals surface area contributed by atoms with E-state index in [9.17, 15) is 18.0 Å².